The second kappa shape index (κ2) is 5.62. The van der Waals surface area contributed by atoms with Crippen molar-refractivity contribution in [2.75, 3.05) is 5.73 Å². The third-order valence-electron chi connectivity index (χ3n) is 3.64. The molecule has 2 N–H and O–H groups in total. The van der Waals surface area contributed by atoms with Gasteiger partial charge in [0.05, 0.1) is 21.5 Å². The van der Waals surface area contributed by atoms with Gasteiger partial charge in [-0.3, -0.25) is 4.21 Å². The summed E-state index contributed by atoms with van der Waals surface area (Å²) in [5.41, 5.74) is 6.22. The lowest BCUT2D eigenvalue weighted by Gasteiger charge is -2.30. The Balaban J connectivity index is 2.17. The molecule has 1 aliphatic rings. The molecule has 0 aliphatic heterocycles. The Labute approximate surface area is 116 Å². The fourth-order valence-electron chi connectivity index (χ4n) is 2.87. The van der Waals surface area contributed by atoms with Gasteiger partial charge in [0, 0.05) is 10.1 Å². The van der Waals surface area contributed by atoms with Crippen LogP contribution < -0.4 is 5.73 Å². The van der Waals surface area contributed by atoms with Gasteiger partial charge in [-0.15, -0.1) is 0 Å². The lowest BCUT2D eigenvalue weighted by atomic mass is 9.83. The summed E-state index contributed by atoms with van der Waals surface area (Å²) in [5, 5.41) is 0.751. The molecule has 1 saturated carbocycles. The summed E-state index contributed by atoms with van der Waals surface area (Å²) in [4.78, 5) is 0.806. The molecule has 3 atom stereocenters. The van der Waals surface area contributed by atoms with Crippen molar-refractivity contribution in [2.45, 2.75) is 43.3 Å². The molecular formula is C14H20ClNOS. The van der Waals surface area contributed by atoms with Crippen LogP contribution in [0, 0.1) is 11.8 Å². The zero-order chi connectivity index (χ0) is 13.3. The Morgan fingerprint density at radius 3 is 2.39 bits per heavy atom. The Hall–Kier alpha value is -0.540. The minimum atomic E-state index is -0.970. The highest BCUT2D eigenvalue weighted by Gasteiger charge is 2.28. The smallest absolute Gasteiger partial charge is 0.0647 e. The van der Waals surface area contributed by atoms with E-state index < -0.39 is 10.8 Å². The van der Waals surface area contributed by atoms with Gasteiger partial charge in [0.2, 0.25) is 0 Å². The highest BCUT2D eigenvalue weighted by molar-refractivity contribution is 7.85. The molecule has 0 bridgehead atoms. The van der Waals surface area contributed by atoms with Crippen LogP contribution >= 0.6 is 11.6 Å². The maximum absolute atomic E-state index is 12.6. The van der Waals surface area contributed by atoms with E-state index in [0.29, 0.717) is 22.5 Å². The molecule has 0 spiro atoms. The fourth-order valence-corrected chi connectivity index (χ4v) is 4.95. The van der Waals surface area contributed by atoms with Crippen LogP contribution in [0.25, 0.3) is 0 Å². The fraction of sp³-hybridized carbons (Fsp3) is 0.571. The van der Waals surface area contributed by atoms with E-state index in [4.69, 9.17) is 17.3 Å². The van der Waals surface area contributed by atoms with Crippen molar-refractivity contribution in [3.63, 3.8) is 0 Å². The van der Waals surface area contributed by atoms with E-state index in [1.807, 2.05) is 6.07 Å². The highest BCUT2D eigenvalue weighted by Crippen LogP contribution is 2.34. The summed E-state index contributed by atoms with van der Waals surface area (Å²) in [6, 6.07) is 5.32. The van der Waals surface area contributed by atoms with E-state index in [-0.39, 0.29) is 5.25 Å². The number of rotatable bonds is 2. The van der Waals surface area contributed by atoms with E-state index in [0.717, 1.165) is 17.7 Å². The number of hydrogen-bond acceptors (Lipinski definition) is 2. The van der Waals surface area contributed by atoms with Gasteiger partial charge in [-0.1, -0.05) is 25.4 Å². The number of anilines is 1. The molecule has 0 heterocycles. The maximum Gasteiger partial charge on any atom is 0.0647 e. The van der Waals surface area contributed by atoms with E-state index in [1.165, 1.54) is 6.42 Å². The van der Waals surface area contributed by atoms with Crippen LogP contribution in [0.5, 0.6) is 0 Å². The van der Waals surface area contributed by atoms with Gasteiger partial charge in [-0.2, -0.15) is 0 Å². The first-order valence-corrected chi connectivity index (χ1v) is 8.02. The summed E-state index contributed by atoms with van der Waals surface area (Å²) in [6.07, 6.45) is 3.33. The van der Waals surface area contributed by atoms with Gasteiger partial charge >= 0.3 is 0 Å². The predicted octanol–water partition coefficient (Wildman–Crippen LogP) is 3.85. The lowest BCUT2D eigenvalue weighted by Crippen LogP contribution is -2.27. The molecule has 0 amide bonds. The van der Waals surface area contributed by atoms with Crippen LogP contribution in [0.1, 0.15) is 33.1 Å². The molecule has 1 fully saturated rings. The second-order valence-corrected chi connectivity index (χ2v) is 7.66. The minimum absolute atomic E-state index is 0.253. The van der Waals surface area contributed by atoms with Crippen LogP contribution in [0.3, 0.4) is 0 Å². The van der Waals surface area contributed by atoms with Crippen LogP contribution in [-0.2, 0) is 10.8 Å². The van der Waals surface area contributed by atoms with Crippen molar-refractivity contribution < 1.29 is 4.21 Å². The normalized spacial score (nSPS) is 30.1. The molecule has 1 aromatic carbocycles. The number of hydrogen-bond donors (Lipinski definition) is 1. The zero-order valence-corrected chi connectivity index (χ0v) is 12.4. The molecule has 0 aromatic heterocycles. The summed E-state index contributed by atoms with van der Waals surface area (Å²) in [7, 11) is -0.970. The van der Waals surface area contributed by atoms with Crippen molar-refractivity contribution in [1.82, 2.24) is 0 Å². The molecule has 3 unspecified atom stereocenters. The Morgan fingerprint density at radius 1 is 1.22 bits per heavy atom. The Kier molecular flexibility index (Phi) is 4.33. The summed E-state index contributed by atoms with van der Waals surface area (Å²) in [5.74, 6) is 1.32. The molecule has 4 heteroatoms. The standard InChI is InChI=1S/C14H20ClNOS/c1-9-5-10(2)7-12(6-9)18(17)11-3-4-14(16)13(15)8-11/h3-4,8-10,12H,5-7,16H2,1-2H3. The molecule has 0 radical (unpaired) electrons. The van der Waals surface area contributed by atoms with Crippen molar-refractivity contribution in [3.05, 3.63) is 23.2 Å². The first kappa shape index (κ1) is 13.9. The van der Waals surface area contributed by atoms with Crippen molar-refractivity contribution in [3.8, 4) is 0 Å². The lowest BCUT2D eigenvalue weighted by molar-refractivity contribution is 0.305. The molecule has 1 aromatic rings. The molecule has 0 saturated heterocycles. The third-order valence-corrected chi connectivity index (χ3v) is 5.68. The Bertz CT molecular complexity index is 453. The summed E-state index contributed by atoms with van der Waals surface area (Å²) >= 11 is 5.99. The molecule has 2 nitrogen and oxygen atoms in total. The van der Waals surface area contributed by atoms with Crippen LogP contribution in [0.4, 0.5) is 5.69 Å². The first-order valence-electron chi connectivity index (χ1n) is 6.43. The largest absolute Gasteiger partial charge is 0.398 e. The van der Waals surface area contributed by atoms with Crippen molar-refractivity contribution >= 4 is 28.1 Å². The number of nitrogen functional groups attached to an aromatic ring is 1. The van der Waals surface area contributed by atoms with Crippen molar-refractivity contribution in [2.24, 2.45) is 11.8 Å². The average Bonchev–Trinajstić information content (AvgIpc) is 2.30. The monoisotopic (exact) mass is 285 g/mol. The van der Waals surface area contributed by atoms with Gasteiger partial charge in [0.1, 0.15) is 0 Å². The van der Waals surface area contributed by atoms with E-state index in [9.17, 15) is 4.21 Å². The number of nitrogens with two attached hydrogens (primary N) is 1. The van der Waals surface area contributed by atoms with E-state index >= 15 is 0 Å². The molecule has 18 heavy (non-hydrogen) atoms. The molecule has 2 rings (SSSR count). The predicted molar refractivity (Wildman–Crippen MR) is 78.2 cm³/mol. The van der Waals surface area contributed by atoms with Crippen LogP contribution in [0.15, 0.2) is 23.1 Å². The van der Waals surface area contributed by atoms with E-state index in [1.54, 1.807) is 12.1 Å². The maximum atomic E-state index is 12.6. The third kappa shape index (κ3) is 3.07. The topological polar surface area (TPSA) is 43.1 Å². The summed E-state index contributed by atoms with van der Waals surface area (Å²) < 4.78 is 12.6. The van der Waals surface area contributed by atoms with E-state index in [2.05, 4.69) is 13.8 Å². The second-order valence-electron chi connectivity index (χ2n) is 5.52. The van der Waals surface area contributed by atoms with Gasteiger partial charge < -0.3 is 5.73 Å². The first-order chi connectivity index (χ1) is 8.47. The molecular weight excluding hydrogens is 266 g/mol. The quantitative estimate of drug-likeness (QED) is 0.839. The molecule has 100 valence electrons. The average molecular weight is 286 g/mol. The Morgan fingerprint density at radius 2 is 1.83 bits per heavy atom. The molecule has 1 aliphatic carbocycles. The van der Waals surface area contributed by atoms with Crippen LogP contribution in [-0.4, -0.2) is 9.46 Å². The number of benzene rings is 1. The highest BCUT2D eigenvalue weighted by atomic mass is 35.5. The number of halogens is 1. The van der Waals surface area contributed by atoms with Crippen molar-refractivity contribution in [1.29, 1.82) is 0 Å². The van der Waals surface area contributed by atoms with Gasteiger partial charge in [-0.05, 0) is 49.3 Å². The SMILES string of the molecule is CC1CC(C)CC(S(=O)c2ccc(N)c(Cl)c2)C1. The van der Waals surface area contributed by atoms with Gasteiger partial charge in [0.25, 0.3) is 0 Å². The van der Waals surface area contributed by atoms with Crippen LogP contribution in [0.2, 0.25) is 5.02 Å². The zero-order valence-electron chi connectivity index (χ0n) is 10.9. The minimum Gasteiger partial charge on any atom is -0.398 e. The summed E-state index contributed by atoms with van der Waals surface area (Å²) in [6.45, 7) is 4.49. The van der Waals surface area contributed by atoms with Gasteiger partial charge in [0.15, 0.2) is 0 Å². The van der Waals surface area contributed by atoms with Gasteiger partial charge in [-0.25, -0.2) is 0 Å².